The Morgan fingerprint density at radius 3 is 3.18 bits per heavy atom. The van der Waals surface area contributed by atoms with Crippen LogP contribution in [0.1, 0.15) is 18.0 Å². The van der Waals surface area contributed by atoms with Gasteiger partial charge in [-0.25, -0.2) is 4.98 Å². The van der Waals surface area contributed by atoms with Crippen molar-refractivity contribution in [2.24, 2.45) is 0 Å². The Balaban J connectivity index is 2.22. The van der Waals surface area contributed by atoms with Crippen LogP contribution in [0, 0.1) is 0 Å². The van der Waals surface area contributed by atoms with Gasteiger partial charge in [-0.1, -0.05) is 0 Å². The molecule has 0 radical (unpaired) electrons. The lowest BCUT2D eigenvalue weighted by molar-refractivity contribution is 0.476. The third-order valence-electron chi connectivity index (χ3n) is 3.17. The fourth-order valence-corrected chi connectivity index (χ4v) is 2.24. The smallest absolute Gasteiger partial charge is 0.258 e. The number of nitrogens with one attached hydrogen (secondary N) is 1. The second kappa shape index (κ2) is 3.85. The van der Waals surface area contributed by atoms with Gasteiger partial charge in [0.1, 0.15) is 0 Å². The van der Waals surface area contributed by atoms with E-state index in [1.165, 1.54) is 4.40 Å². The highest BCUT2D eigenvalue weighted by atomic mass is 16.3. The van der Waals surface area contributed by atoms with Crippen LogP contribution in [0.3, 0.4) is 0 Å². The van der Waals surface area contributed by atoms with Gasteiger partial charge in [0, 0.05) is 24.7 Å². The molecule has 1 unspecified atom stereocenters. The predicted octanol–water partition coefficient (Wildman–Crippen LogP) is 0.477. The second-order valence-corrected chi connectivity index (χ2v) is 4.30. The Morgan fingerprint density at radius 1 is 1.53 bits per heavy atom. The quantitative estimate of drug-likeness (QED) is 0.749. The number of aromatic hydroxyl groups is 1. The number of rotatable bonds is 1. The van der Waals surface area contributed by atoms with E-state index in [9.17, 15) is 9.90 Å². The van der Waals surface area contributed by atoms with Gasteiger partial charge in [-0.05, 0) is 25.1 Å². The Morgan fingerprint density at radius 2 is 2.41 bits per heavy atom. The van der Waals surface area contributed by atoms with E-state index < -0.39 is 0 Å². The first-order valence-electron chi connectivity index (χ1n) is 5.68. The molecule has 88 valence electrons. The summed E-state index contributed by atoms with van der Waals surface area (Å²) in [4.78, 5) is 16.3. The van der Waals surface area contributed by atoms with Gasteiger partial charge in [-0.15, -0.1) is 0 Å². The molecule has 1 aliphatic rings. The zero-order valence-corrected chi connectivity index (χ0v) is 9.26. The van der Waals surface area contributed by atoms with Crippen molar-refractivity contribution < 1.29 is 5.11 Å². The molecule has 2 aromatic heterocycles. The zero-order chi connectivity index (χ0) is 11.8. The molecule has 3 heterocycles. The van der Waals surface area contributed by atoms with E-state index in [1.807, 2.05) is 0 Å². The molecule has 2 N–H and O–H groups in total. The fourth-order valence-electron chi connectivity index (χ4n) is 2.24. The van der Waals surface area contributed by atoms with E-state index in [4.69, 9.17) is 0 Å². The third-order valence-corrected chi connectivity index (χ3v) is 3.17. The molecule has 5 heteroatoms. The molecule has 0 aromatic carbocycles. The average molecular weight is 231 g/mol. The van der Waals surface area contributed by atoms with Crippen molar-refractivity contribution in [1.82, 2.24) is 14.7 Å². The van der Waals surface area contributed by atoms with Gasteiger partial charge in [0.25, 0.3) is 5.56 Å². The van der Waals surface area contributed by atoms with Gasteiger partial charge >= 0.3 is 0 Å². The van der Waals surface area contributed by atoms with Crippen molar-refractivity contribution in [3.8, 4) is 5.75 Å². The molecule has 1 atom stereocenters. The maximum atomic E-state index is 11.9. The summed E-state index contributed by atoms with van der Waals surface area (Å²) in [5, 5.41) is 13.0. The zero-order valence-electron chi connectivity index (χ0n) is 9.26. The molecule has 0 aliphatic carbocycles. The first-order valence-corrected chi connectivity index (χ1v) is 5.68. The lowest BCUT2D eigenvalue weighted by atomic mass is 10.0. The Hall–Kier alpha value is -1.88. The molecule has 0 spiro atoms. The van der Waals surface area contributed by atoms with Gasteiger partial charge in [0.15, 0.2) is 11.4 Å². The monoisotopic (exact) mass is 231 g/mol. The summed E-state index contributed by atoms with van der Waals surface area (Å²) in [6.45, 7) is 1.79. The van der Waals surface area contributed by atoms with Crippen LogP contribution in [0.25, 0.3) is 5.65 Å². The first-order chi connectivity index (χ1) is 8.25. The molecule has 0 saturated carbocycles. The summed E-state index contributed by atoms with van der Waals surface area (Å²) in [5.41, 5.74) is 0.955. The molecule has 0 bridgehead atoms. The Labute approximate surface area is 97.7 Å². The van der Waals surface area contributed by atoms with E-state index >= 15 is 0 Å². The van der Waals surface area contributed by atoms with Gasteiger partial charge in [-0.2, -0.15) is 0 Å². The molecule has 3 rings (SSSR count). The molecule has 0 amide bonds. The summed E-state index contributed by atoms with van der Waals surface area (Å²) < 4.78 is 1.36. The molecule has 5 nitrogen and oxygen atoms in total. The SMILES string of the molecule is O=c1cc(C2CCNC2)nc2c(O)cccn12. The van der Waals surface area contributed by atoms with Crippen molar-refractivity contribution in [3.63, 3.8) is 0 Å². The number of hydrogen-bond acceptors (Lipinski definition) is 4. The fraction of sp³-hybridized carbons (Fsp3) is 0.333. The second-order valence-electron chi connectivity index (χ2n) is 4.30. The topological polar surface area (TPSA) is 66.6 Å². The van der Waals surface area contributed by atoms with Crippen LogP contribution >= 0.6 is 0 Å². The van der Waals surface area contributed by atoms with Crippen molar-refractivity contribution in [1.29, 1.82) is 0 Å². The summed E-state index contributed by atoms with van der Waals surface area (Å²) in [7, 11) is 0. The normalized spacial score (nSPS) is 19.9. The maximum Gasteiger partial charge on any atom is 0.258 e. The minimum Gasteiger partial charge on any atom is -0.504 e. The maximum absolute atomic E-state index is 11.9. The van der Waals surface area contributed by atoms with Crippen molar-refractivity contribution >= 4 is 5.65 Å². The van der Waals surface area contributed by atoms with E-state index in [0.29, 0.717) is 5.65 Å². The summed E-state index contributed by atoms with van der Waals surface area (Å²) in [5.74, 6) is 0.310. The van der Waals surface area contributed by atoms with Crippen molar-refractivity contribution in [2.75, 3.05) is 13.1 Å². The number of pyridine rings is 1. The standard InChI is InChI=1S/C12H13N3O2/c16-10-2-1-5-15-11(17)6-9(14-12(10)15)8-3-4-13-7-8/h1-2,5-6,8,13,16H,3-4,7H2. The van der Waals surface area contributed by atoms with Gasteiger partial charge in [0.05, 0.1) is 5.69 Å². The lowest BCUT2D eigenvalue weighted by Gasteiger charge is -2.09. The van der Waals surface area contributed by atoms with Crippen LogP contribution in [-0.2, 0) is 0 Å². The van der Waals surface area contributed by atoms with Crippen molar-refractivity contribution in [3.05, 3.63) is 40.4 Å². The lowest BCUT2D eigenvalue weighted by Crippen LogP contribution is -2.18. The average Bonchev–Trinajstić information content (AvgIpc) is 2.84. The number of hydrogen-bond donors (Lipinski definition) is 2. The van der Waals surface area contributed by atoms with E-state index in [0.717, 1.165) is 25.2 Å². The first kappa shape index (κ1) is 10.3. The summed E-state index contributed by atoms with van der Waals surface area (Å²) >= 11 is 0. The molecule has 17 heavy (non-hydrogen) atoms. The molecule has 2 aromatic rings. The predicted molar refractivity (Wildman–Crippen MR) is 63.4 cm³/mol. The van der Waals surface area contributed by atoms with Crippen molar-refractivity contribution in [2.45, 2.75) is 12.3 Å². The van der Waals surface area contributed by atoms with Crippen LogP contribution in [0.4, 0.5) is 0 Å². The Kier molecular flexibility index (Phi) is 2.33. The minimum atomic E-state index is -0.146. The largest absolute Gasteiger partial charge is 0.504 e. The third kappa shape index (κ3) is 1.68. The number of nitrogens with zero attached hydrogens (tertiary/aromatic N) is 2. The highest BCUT2D eigenvalue weighted by Gasteiger charge is 2.19. The molecule has 1 aliphatic heterocycles. The van der Waals surface area contributed by atoms with E-state index in [1.54, 1.807) is 24.4 Å². The highest BCUT2D eigenvalue weighted by Crippen LogP contribution is 2.21. The number of fused-ring (bicyclic) bond motifs is 1. The Bertz CT molecular complexity index is 615. The van der Waals surface area contributed by atoms with Crippen LogP contribution in [0.2, 0.25) is 0 Å². The highest BCUT2D eigenvalue weighted by molar-refractivity contribution is 5.52. The molecular weight excluding hydrogens is 218 g/mol. The number of aromatic nitrogens is 2. The summed E-state index contributed by atoms with van der Waals surface area (Å²) in [6, 6.07) is 4.73. The van der Waals surface area contributed by atoms with Crippen LogP contribution < -0.4 is 10.9 Å². The van der Waals surface area contributed by atoms with Crippen LogP contribution in [0.15, 0.2) is 29.2 Å². The minimum absolute atomic E-state index is 0.0393. The van der Waals surface area contributed by atoms with E-state index in [2.05, 4.69) is 10.3 Å². The van der Waals surface area contributed by atoms with E-state index in [-0.39, 0.29) is 17.2 Å². The van der Waals surface area contributed by atoms with Crippen LogP contribution in [-0.4, -0.2) is 27.6 Å². The van der Waals surface area contributed by atoms with Crippen LogP contribution in [0.5, 0.6) is 5.75 Å². The molecular formula is C12H13N3O2. The van der Waals surface area contributed by atoms with Gasteiger partial charge < -0.3 is 10.4 Å². The van der Waals surface area contributed by atoms with Gasteiger partial charge in [-0.3, -0.25) is 9.20 Å². The molecule has 1 saturated heterocycles. The summed E-state index contributed by atoms with van der Waals surface area (Å²) in [6.07, 6.45) is 2.59. The molecule has 1 fully saturated rings. The van der Waals surface area contributed by atoms with Gasteiger partial charge in [0.2, 0.25) is 0 Å².